The highest BCUT2D eigenvalue weighted by Crippen LogP contribution is 2.42. The van der Waals surface area contributed by atoms with Gasteiger partial charge >= 0.3 is 5.97 Å². The number of nitrogens with zero attached hydrogens (tertiary/aromatic N) is 5. The number of fused-ring (bicyclic) bond motifs is 8. The van der Waals surface area contributed by atoms with Crippen molar-refractivity contribution in [2.75, 3.05) is 6.61 Å². The number of benzene rings is 5. The molecule has 0 atom stereocenters. The Morgan fingerprint density at radius 1 is 0.567 bits per heavy atom. The van der Waals surface area contributed by atoms with Gasteiger partial charge in [-0.05, 0) is 89.9 Å². The van der Waals surface area contributed by atoms with Gasteiger partial charge < -0.3 is 14.7 Å². The molecule has 67 heavy (non-hydrogen) atoms. The largest absolute Gasteiger partial charge is 0.461 e. The van der Waals surface area contributed by atoms with Gasteiger partial charge in [-0.2, -0.15) is 5.10 Å². The summed E-state index contributed by atoms with van der Waals surface area (Å²) in [5.74, 6) is -0.603. The van der Waals surface area contributed by atoms with Crippen LogP contribution < -0.4 is 0 Å². The number of nitro groups is 1. The molecule has 322 valence electrons. The molecule has 8 bridgehead atoms. The number of carbonyl (C=O) groups is 1. The van der Waals surface area contributed by atoms with Crippen LogP contribution in [-0.4, -0.2) is 47.2 Å². The Morgan fingerprint density at radius 2 is 1.01 bits per heavy atom. The summed E-state index contributed by atoms with van der Waals surface area (Å²) < 4.78 is 7.12. The van der Waals surface area contributed by atoms with Crippen molar-refractivity contribution in [3.05, 3.63) is 208 Å². The summed E-state index contributed by atoms with van der Waals surface area (Å²) in [6, 6.07) is 54.8. The van der Waals surface area contributed by atoms with Crippen molar-refractivity contribution in [1.82, 2.24) is 29.7 Å². The summed E-state index contributed by atoms with van der Waals surface area (Å²) in [7, 11) is 0. The lowest BCUT2D eigenvalue weighted by Gasteiger charge is -2.09. The molecule has 0 radical (unpaired) electrons. The zero-order chi connectivity index (χ0) is 45.4. The quantitative estimate of drug-likeness (QED) is 0.0834. The number of aromatic nitrogens is 6. The van der Waals surface area contributed by atoms with Crippen LogP contribution in [0.5, 0.6) is 0 Å². The van der Waals surface area contributed by atoms with E-state index >= 15 is 0 Å². The first-order chi connectivity index (χ1) is 32.9. The van der Waals surface area contributed by atoms with Gasteiger partial charge in [0, 0.05) is 56.5 Å². The summed E-state index contributed by atoms with van der Waals surface area (Å²) >= 11 is 0. The van der Waals surface area contributed by atoms with Crippen LogP contribution in [0.15, 0.2) is 170 Å². The van der Waals surface area contributed by atoms with E-state index in [2.05, 4.69) is 94.9 Å². The number of nitro benzene ring substituents is 1. The Balaban J connectivity index is 1.35. The third-order valence-corrected chi connectivity index (χ3v) is 11.9. The number of rotatable bonds is 9. The topological polar surface area (TPSA) is 145 Å². The Labute approximate surface area is 384 Å². The van der Waals surface area contributed by atoms with E-state index in [0.717, 1.165) is 78.1 Å². The van der Waals surface area contributed by atoms with Crippen molar-refractivity contribution in [3.63, 3.8) is 0 Å². The molecule has 2 aliphatic heterocycles. The normalized spacial score (nSPS) is 11.8. The van der Waals surface area contributed by atoms with Gasteiger partial charge in [0.1, 0.15) is 0 Å². The minimum Gasteiger partial charge on any atom is -0.461 e. The van der Waals surface area contributed by atoms with E-state index in [1.807, 2.05) is 78.9 Å². The summed E-state index contributed by atoms with van der Waals surface area (Å²) in [5.41, 5.74) is 15.2. The fourth-order valence-corrected chi connectivity index (χ4v) is 8.91. The number of H-pyrrole nitrogens is 2. The van der Waals surface area contributed by atoms with Gasteiger partial charge in [0.25, 0.3) is 5.69 Å². The van der Waals surface area contributed by atoms with Crippen molar-refractivity contribution in [1.29, 1.82) is 0 Å². The molecular weight excluding hydrogens is 835 g/mol. The third kappa shape index (κ3) is 7.49. The van der Waals surface area contributed by atoms with Crippen molar-refractivity contribution in [3.8, 4) is 61.5 Å². The smallest absolute Gasteiger partial charge is 0.358 e. The van der Waals surface area contributed by atoms with E-state index in [0.29, 0.717) is 28.2 Å². The second kappa shape index (κ2) is 17.1. The molecule has 0 spiro atoms. The van der Waals surface area contributed by atoms with Crippen LogP contribution >= 0.6 is 0 Å². The minimum absolute atomic E-state index is 0.0723. The Bertz CT molecular complexity index is 3610. The molecule has 5 aromatic carbocycles. The number of hydrogen-bond donors (Lipinski definition) is 2. The first-order valence-corrected chi connectivity index (χ1v) is 21.9. The van der Waals surface area contributed by atoms with Crippen LogP contribution in [0.1, 0.15) is 40.2 Å². The van der Waals surface area contributed by atoms with Crippen LogP contribution in [0.25, 0.3) is 108 Å². The Kier molecular flexibility index (Phi) is 10.3. The number of nitrogens with one attached hydrogen (secondary N) is 2. The standard InChI is InChI=1S/C56H39N7O4/c1-2-67-56(64)49-34-50(62(61-49)39-23-25-40(26-24-39)63(65)66)41-33-48-53(37-19-11-5-12-20-37)46-30-29-44(58-46)51(35-15-7-3-8-16-35)42-27-28-43(57-42)52(36-17-9-4-10-18-36)45-31-32-47(59-45)54(55(41)60-48)38-21-13-6-14-22-38/h3-34,57,60H,2H2,1H3. The maximum absolute atomic E-state index is 13.6. The summed E-state index contributed by atoms with van der Waals surface area (Å²) in [4.78, 5) is 43.5. The van der Waals surface area contributed by atoms with E-state index in [1.165, 1.54) is 12.1 Å². The van der Waals surface area contributed by atoms with Crippen molar-refractivity contribution >= 4 is 58.0 Å². The average molecular weight is 874 g/mol. The van der Waals surface area contributed by atoms with Crippen molar-refractivity contribution < 1.29 is 14.5 Å². The monoisotopic (exact) mass is 873 g/mol. The zero-order valence-electron chi connectivity index (χ0n) is 36.1. The van der Waals surface area contributed by atoms with Crippen LogP contribution in [0.3, 0.4) is 0 Å². The molecule has 2 N–H and O–H groups in total. The van der Waals surface area contributed by atoms with Gasteiger partial charge in [-0.25, -0.2) is 19.4 Å². The number of non-ortho nitro benzene ring substituents is 1. The number of hydrogen-bond acceptors (Lipinski definition) is 7. The molecule has 2 aliphatic rings. The van der Waals surface area contributed by atoms with Gasteiger partial charge in [-0.3, -0.25) is 10.1 Å². The van der Waals surface area contributed by atoms with Gasteiger partial charge in [0.15, 0.2) is 5.69 Å². The molecule has 0 saturated heterocycles. The third-order valence-electron chi connectivity index (χ3n) is 11.9. The van der Waals surface area contributed by atoms with E-state index in [9.17, 15) is 14.9 Å². The number of carbonyl (C=O) groups excluding carboxylic acids is 1. The molecule has 11 rings (SSSR count). The van der Waals surface area contributed by atoms with Gasteiger partial charge in [-0.1, -0.05) is 121 Å². The SMILES string of the molecule is CCOC(=O)c1cc(-c2cc3[nH]c2c(-c2ccccc2)c2nc(c(-c4ccccc4)c4ccc([nH]4)c(-c4ccccc4)c4nc(c3-c3ccccc3)C=C4)C=C2)n(-c2ccc([N+](=O)[O-])cc2)n1. The van der Waals surface area contributed by atoms with Crippen LogP contribution in [0.2, 0.25) is 0 Å². The van der Waals surface area contributed by atoms with Crippen LogP contribution in [0.4, 0.5) is 5.69 Å². The molecule has 0 aliphatic carbocycles. The lowest BCUT2D eigenvalue weighted by molar-refractivity contribution is -0.384. The van der Waals surface area contributed by atoms with Crippen LogP contribution in [-0.2, 0) is 4.74 Å². The molecule has 0 fully saturated rings. The fraction of sp³-hybridized carbons (Fsp3) is 0.0357. The highest BCUT2D eigenvalue weighted by Gasteiger charge is 2.25. The predicted molar refractivity (Wildman–Crippen MR) is 266 cm³/mol. The highest BCUT2D eigenvalue weighted by atomic mass is 16.6. The summed E-state index contributed by atoms with van der Waals surface area (Å²) in [6.07, 6.45) is 8.21. The second-order valence-electron chi connectivity index (χ2n) is 16.0. The maximum atomic E-state index is 13.6. The van der Waals surface area contributed by atoms with E-state index in [4.69, 9.17) is 19.8 Å². The molecule has 0 saturated carbocycles. The first kappa shape index (κ1) is 40.5. The van der Waals surface area contributed by atoms with Gasteiger partial charge in [0.2, 0.25) is 0 Å². The van der Waals surface area contributed by atoms with E-state index < -0.39 is 10.9 Å². The number of esters is 1. The molecule has 0 unspecified atom stereocenters. The fourth-order valence-electron chi connectivity index (χ4n) is 8.91. The maximum Gasteiger partial charge on any atom is 0.358 e. The van der Waals surface area contributed by atoms with Crippen molar-refractivity contribution in [2.45, 2.75) is 6.92 Å². The lowest BCUT2D eigenvalue weighted by Crippen LogP contribution is -2.06. The molecule has 4 aromatic heterocycles. The first-order valence-electron chi connectivity index (χ1n) is 21.9. The number of ether oxygens (including phenoxy) is 1. The second-order valence-corrected chi connectivity index (χ2v) is 16.0. The Morgan fingerprint density at radius 3 is 1.48 bits per heavy atom. The minimum atomic E-state index is -0.603. The zero-order valence-corrected chi connectivity index (χ0v) is 36.1. The van der Waals surface area contributed by atoms with Gasteiger partial charge in [0.05, 0.1) is 51.2 Å². The molecular formula is C56H39N7O4. The van der Waals surface area contributed by atoms with E-state index in [-0.39, 0.29) is 18.0 Å². The molecule has 9 aromatic rings. The van der Waals surface area contributed by atoms with Crippen molar-refractivity contribution in [2.24, 2.45) is 0 Å². The highest BCUT2D eigenvalue weighted by molar-refractivity contribution is 6.04. The summed E-state index contributed by atoms with van der Waals surface area (Å²) in [6.45, 7) is 1.89. The molecule has 11 heteroatoms. The predicted octanol–water partition coefficient (Wildman–Crippen LogP) is 13.3. The summed E-state index contributed by atoms with van der Waals surface area (Å²) in [5, 5.41) is 16.6. The number of aromatic amines is 2. The van der Waals surface area contributed by atoms with E-state index in [1.54, 1.807) is 29.8 Å². The lowest BCUT2D eigenvalue weighted by atomic mass is 10.0. The molecule has 11 nitrogen and oxygen atoms in total. The average Bonchev–Trinajstić information content (AvgIpc) is 4.24. The van der Waals surface area contributed by atoms with Gasteiger partial charge in [-0.15, -0.1) is 0 Å². The van der Waals surface area contributed by atoms with Crippen LogP contribution in [0, 0.1) is 10.1 Å². The molecule has 6 heterocycles. The molecule has 0 amide bonds. The Hall–Kier alpha value is -9.22.